The first kappa shape index (κ1) is 16.8. The summed E-state index contributed by atoms with van der Waals surface area (Å²) in [4.78, 5) is 16.8. The van der Waals surface area contributed by atoms with Crippen LogP contribution in [-0.2, 0) is 4.79 Å². The number of aryl methyl sites for hydroxylation is 2. The summed E-state index contributed by atoms with van der Waals surface area (Å²) in [6, 6.07) is 13.9. The lowest BCUT2D eigenvalue weighted by Crippen LogP contribution is -2.22. The van der Waals surface area contributed by atoms with E-state index < -0.39 is 0 Å². The number of carbonyl (C=O) groups is 1. The highest BCUT2D eigenvalue weighted by molar-refractivity contribution is 8.14. The van der Waals surface area contributed by atoms with Gasteiger partial charge in [0.15, 0.2) is 6.17 Å². The molecule has 2 aromatic rings. The van der Waals surface area contributed by atoms with Gasteiger partial charge in [-0.1, -0.05) is 47.7 Å². The number of hydrogen-bond donors (Lipinski definition) is 2. The van der Waals surface area contributed by atoms with Gasteiger partial charge < -0.3 is 10.6 Å². The summed E-state index contributed by atoms with van der Waals surface area (Å²) in [6.07, 6.45) is -0.144. The van der Waals surface area contributed by atoms with E-state index in [-0.39, 0.29) is 23.9 Å². The number of benzene rings is 2. The van der Waals surface area contributed by atoms with Crippen molar-refractivity contribution in [1.29, 1.82) is 0 Å². The summed E-state index contributed by atoms with van der Waals surface area (Å²) in [7, 11) is 0. The number of rotatable bonds is 3. The van der Waals surface area contributed by atoms with Crippen molar-refractivity contribution in [3.63, 3.8) is 0 Å². The zero-order valence-corrected chi connectivity index (χ0v) is 15.4. The summed E-state index contributed by atoms with van der Waals surface area (Å²) in [5.74, 6) is 0.167. The van der Waals surface area contributed by atoms with Crippen LogP contribution in [-0.4, -0.2) is 23.0 Å². The molecule has 4 rings (SSSR count). The SMILES string of the molecule is Cc1ccc(NC(=O)CSC2=N[C@H]3Nc4ccccc4[C@H]3N=N2)c(C)c1. The molecule has 2 aromatic carbocycles. The minimum Gasteiger partial charge on any atom is -0.361 e. The van der Waals surface area contributed by atoms with Gasteiger partial charge >= 0.3 is 0 Å². The van der Waals surface area contributed by atoms with Crippen molar-refractivity contribution >= 4 is 34.2 Å². The fraction of sp³-hybridized carbons (Fsp3) is 0.263. The van der Waals surface area contributed by atoms with Gasteiger partial charge in [-0.15, -0.1) is 5.11 Å². The summed E-state index contributed by atoms with van der Waals surface area (Å²) >= 11 is 1.30. The van der Waals surface area contributed by atoms with Gasteiger partial charge in [-0.3, -0.25) is 4.79 Å². The Hall–Kier alpha value is -2.67. The molecule has 0 saturated heterocycles. The van der Waals surface area contributed by atoms with Gasteiger partial charge in [-0.05, 0) is 31.5 Å². The normalized spacial score (nSPS) is 20.0. The number of aliphatic imine (C=N–C) groups is 1. The maximum Gasteiger partial charge on any atom is 0.234 e. The third-order valence-electron chi connectivity index (χ3n) is 4.39. The fourth-order valence-electron chi connectivity index (χ4n) is 3.12. The number of amides is 1. The van der Waals surface area contributed by atoms with E-state index >= 15 is 0 Å². The molecule has 0 radical (unpaired) electrons. The number of carbonyl (C=O) groups excluding carboxylic acids is 1. The summed E-state index contributed by atoms with van der Waals surface area (Å²) in [5, 5.41) is 15.4. The van der Waals surface area contributed by atoms with E-state index in [4.69, 9.17) is 0 Å². The average Bonchev–Trinajstić information content (AvgIpc) is 3.00. The molecule has 0 fully saturated rings. The molecule has 0 aromatic heterocycles. The minimum atomic E-state index is -0.144. The molecule has 26 heavy (non-hydrogen) atoms. The van der Waals surface area contributed by atoms with Gasteiger partial charge in [0.1, 0.15) is 6.04 Å². The van der Waals surface area contributed by atoms with Gasteiger partial charge in [0, 0.05) is 16.9 Å². The topological polar surface area (TPSA) is 78.2 Å². The molecule has 2 aliphatic heterocycles. The summed E-state index contributed by atoms with van der Waals surface area (Å²) < 4.78 is 0. The third-order valence-corrected chi connectivity index (χ3v) is 5.24. The first-order chi connectivity index (χ1) is 12.6. The van der Waals surface area contributed by atoms with E-state index in [2.05, 4.69) is 25.9 Å². The Bertz CT molecular complexity index is 924. The Morgan fingerprint density at radius 2 is 2.08 bits per heavy atom. The van der Waals surface area contributed by atoms with E-state index in [1.165, 1.54) is 17.3 Å². The molecule has 2 atom stereocenters. The van der Waals surface area contributed by atoms with Crippen molar-refractivity contribution in [2.45, 2.75) is 26.1 Å². The van der Waals surface area contributed by atoms with Crippen LogP contribution in [0.2, 0.25) is 0 Å². The smallest absolute Gasteiger partial charge is 0.234 e. The molecule has 2 aliphatic rings. The number of nitrogens with zero attached hydrogens (tertiary/aromatic N) is 3. The van der Waals surface area contributed by atoms with E-state index in [9.17, 15) is 4.79 Å². The number of anilines is 2. The summed E-state index contributed by atoms with van der Waals surface area (Å²) in [6.45, 7) is 4.02. The highest BCUT2D eigenvalue weighted by Crippen LogP contribution is 2.39. The highest BCUT2D eigenvalue weighted by atomic mass is 32.2. The van der Waals surface area contributed by atoms with Crippen LogP contribution < -0.4 is 10.6 Å². The number of fused-ring (bicyclic) bond motifs is 3. The van der Waals surface area contributed by atoms with Crippen LogP contribution in [0.5, 0.6) is 0 Å². The number of azo groups is 1. The minimum absolute atomic E-state index is 0.0790. The number of thioether (sulfide) groups is 1. The van der Waals surface area contributed by atoms with Crippen molar-refractivity contribution in [3.05, 3.63) is 59.2 Å². The van der Waals surface area contributed by atoms with Crippen LogP contribution >= 0.6 is 11.8 Å². The monoisotopic (exact) mass is 365 g/mol. The van der Waals surface area contributed by atoms with Gasteiger partial charge in [-0.2, -0.15) is 5.11 Å². The van der Waals surface area contributed by atoms with Crippen molar-refractivity contribution in [1.82, 2.24) is 0 Å². The molecule has 132 valence electrons. The van der Waals surface area contributed by atoms with Crippen LogP contribution in [0.3, 0.4) is 0 Å². The molecule has 0 spiro atoms. The predicted octanol–water partition coefficient (Wildman–Crippen LogP) is 4.29. The van der Waals surface area contributed by atoms with Crippen molar-refractivity contribution < 1.29 is 4.79 Å². The lowest BCUT2D eigenvalue weighted by atomic mass is 10.1. The second kappa shape index (κ2) is 6.92. The second-order valence-electron chi connectivity index (χ2n) is 6.40. The van der Waals surface area contributed by atoms with Crippen LogP contribution in [0, 0.1) is 13.8 Å². The van der Waals surface area contributed by atoms with Crippen LogP contribution in [0.15, 0.2) is 57.7 Å². The van der Waals surface area contributed by atoms with Crippen molar-refractivity contribution in [3.8, 4) is 0 Å². The molecule has 6 nitrogen and oxygen atoms in total. The molecule has 2 heterocycles. The zero-order chi connectivity index (χ0) is 18.1. The first-order valence-corrected chi connectivity index (χ1v) is 9.43. The van der Waals surface area contributed by atoms with E-state index in [1.807, 2.05) is 56.3 Å². The molecule has 1 amide bonds. The van der Waals surface area contributed by atoms with Gasteiger partial charge in [0.25, 0.3) is 0 Å². The molecule has 0 aliphatic carbocycles. The average molecular weight is 365 g/mol. The predicted molar refractivity (Wildman–Crippen MR) is 106 cm³/mol. The Balaban J connectivity index is 1.36. The maximum atomic E-state index is 12.2. The Labute approximate surface area is 156 Å². The van der Waals surface area contributed by atoms with Crippen LogP contribution in [0.25, 0.3) is 0 Å². The highest BCUT2D eigenvalue weighted by Gasteiger charge is 2.34. The number of para-hydroxylation sites is 1. The first-order valence-electron chi connectivity index (χ1n) is 8.44. The lowest BCUT2D eigenvalue weighted by molar-refractivity contribution is -0.113. The van der Waals surface area contributed by atoms with E-state index in [0.717, 1.165) is 22.5 Å². The fourth-order valence-corrected chi connectivity index (χ4v) is 3.74. The van der Waals surface area contributed by atoms with Crippen LogP contribution in [0.4, 0.5) is 11.4 Å². The van der Waals surface area contributed by atoms with E-state index in [0.29, 0.717) is 5.17 Å². The van der Waals surface area contributed by atoms with Gasteiger partial charge in [0.05, 0.1) is 5.75 Å². The Morgan fingerprint density at radius 3 is 2.92 bits per heavy atom. The third kappa shape index (κ3) is 3.35. The molecule has 0 bridgehead atoms. The molecule has 0 saturated carbocycles. The zero-order valence-electron chi connectivity index (χ0n) is 14.6. The Morgan fingerprint density at radius 1 is 1.23 bits per heavy atom. The standard InChI is InChI=1S/C19H19N5OS/c1-11-7-8-14(12(2)9-11)20-16(25)10-26-19-22-18-17(23-24-19)13-5-3-4-6-15(13)21-18/h3-9,17-18,21H,10H2,1-2H3,(H,20,25)/t17-,18-/m1/s1. The number of hydrogen-bond acceptors (Lipinski definition) is 6. The van der Waals surface area contributed by atoms with Crippen molar-refractivity contribution in [2.75, 3.05) is 16.4 Å². The number of amidine groups is 1. The quantitative estimate of drug-likeness (QED) is 0.852. The second-order valence-corrected chi connectivity index (χ2v) is 7.35. The molecular weight excluding hydrogens is 346 g/mol. The van der Waals surface area contributed by atoms with E-state index in [1.54, 1.807) is 0 Å². The molecule has 0 unspecified atom stereocenters. The lowest BCUT2D eigenvalue weighted by Gasteiger charge is -2.16. The van der Waals surface area contributed by atoms with Gasteiger partial charge in [0.2, 0.25) is 11.1 Å². The van der Waals surface area contributed by atoms with Crippen LogP contribution in [0.1, 0.15) is 22.7 Å². The molecule has 7 heteroatoms. The maximum absolute atomic E-state index is 12.2. The Kier molecular flexibility index (Phi) is 4.46. The summed E-state index contributed by atoms with van der Waals surface area (Å²) in [5.41, 5.74) is 5.22. The molecular formula is C19H19N5OS. The van der Waals surface area contributed by atoms with Gasteiger partial charge in [-0.25, -0.2) is 4.99 Å². The molecule has 2 N–H and O–H groups in total. The van der Waals surface area contributed by atoms with Crippen molar-refractivity contribution in [2.24, 2.45) is 15.2 Å². The largest absolute Gasteiger partial charge is 0.361 e. The number of nitrogens with one attached hydrogen (secondary N) is 2.